The zero-order valence-corrected chi connectivity index (χ0v) is 29.3. The molecule has 0 unspecified atom stereocenters. The first-order valence-electron chi connectivity index (χ1n) is 16.9. The number of hydrogen-bond donors (Lipinski definition) is 2. The average molecular weight is 663 g/mol. The zero-order chi connectivity index (χ0) is 34.0. The van der Waals surface area contributed by atoms with Crippen molar-refractivity contribution in [2.75, 3.05) is 24.7 Å². The van der Waals surface area contributed by atoms with Crippen molar-refractivity contribution in [3.63, 3.8) is 0 Å². The van der Waals surface area contributed by atoms with E-state index in [4.69, 9.17) is 5.10 Å². The SMILES string of the molecule is C=NCc1cccc([Si]Nc2ccc(-n3nc(C(=O)N(CCCC)CCCC)cc3C)c(C(=O)N3Cc4ccccc4C[C@H]3CO)c2)c1. The molecule has 9 nitrogen and oxygen atoms in total. The molecule has 2 N–H and O–H groups in total. The number of aliphatic hydroxyl groups excluding tert-OH is 1. The summed E-state index contributed by atoms with van der Waals surface area (Å²) in [6.45, 7) is 12.0. The summed E-state index contributed by atoms with van der Waals surface area (Å²) in [4.78, 5) is 39.4. The topological polar surface area (TPSA) is 103 Å². The lowest BCUT2D eigenvalue weighted by molar-refractivity contribution is 0.0544. The number of carbonyl (C=O) groups excluding carboxylic acids is 2. The fraction of sp³-hybridized carbons (Fsp3) is 0.368. The monoisotopic (exact) mass is 662 g/mol. The summed E-state index contributed by atoms with van der Waals surface area (Å²) in [7, 11) is 0.258. The highest BCUT2D eigenvalue weighted by molar-refractivity contribution is 6.56. The molecule has 0 bridgehead atoms. The van der Waals surface area contributed by atoms with Gasteiger partial charge in [-0.05, 0) is 79.0 Å². The van der Waals surface area contributed by atoms with Gasteiger partial charge in [0, 0.05) is 31.0 Å². The molecule has 2 heterocycles. The highest BCUT2D eigenvalue weighted by Crippen LogP contribution is 2.29. The van der Waals surface area contributed by atoms with Crippen LogP contribution in [0, 0.1) is 6.92 Å². The van der Waals surface area contributed by atoms with Gasteiger partial charge in [0.2, 0.25) is 9.68 Å². The smallest absolute Gasteiger partial charge is 0.274 e. The minimum Gasteiger partial charge on any atom is -0.408 e. The molecule has 1 aliphatic rings. The van der Waals surface area contributed by atoms with Crippen molar-refractivity contribution in [1.82, 2.24) is 19.6 Å². The molecule has 0 saturated heterocycles. The molecule has 4 aromatic rings. The molecule has 10 heteroatoms. The molecule has 1 aromatic heterocycles. The van der Waals surface area contributed by atoms with Crippen LogP contribution in [0.25, 0.3) is 5.69 Å². The van der Waals surface area contributed by atoms with Gasteiger partial charge in [0.05, 0.1) is 30.4 Å². The molecule has 3 aromatic carbocycles. The molecule has 0 aliphatic carbocycles. The minimum atomic E-state index is -0.360. The number of anilines is 1. The number of fused-ring (bicyclic) bond motifs is 1. The van der Waals surface area contributed by atoms with E-state index >= 15 is 0 Å². The maximum atomic E-state index is 14.6. The predicted molar refractivity (Wildman–Crippen MR) is 194 cm³/mol. The average Bonchev–Trinajstić information content (AvgIpc) is 3.50. The van der Waals surface area contributed by atoms with E-state index in [1.165, 1.54) is 0 Å². The third-order valence-electron chi connectivity index (χ3n) is 8.81. The van der Waals surface area contributed by atoms with E-state index in [-0.39, 0.29) is 34.1 Å². The van der Waals surface area contributed by atoms with Crippen LogP contribution in [-0.4, -0.2) is 78.6 Å². The third-order valence-corrected chi connectivity index (χ3v) is 9.82. The Labute approximate surface area is 286 Å². The molecule has 1 atom stereocenters. The van der Waals surface area contributed by atoms with Crippen molar-refractivity contribution in [3.8, 4) is 5.69 Å². The van der Waals surface area contributed by atoms with Crippen molar-refractivity contribution in [1.29, 1.82) is 0 Å². The molecular formula is C38H46N6O3Si. The van der Waals surface area contributed by atoms with Gasteiger partial charge in [-0.15, -0.1) is 0 Å². The number of rotatable bonds is 15. The van der Waals surface area contributed by atoms with Crippen molar-refractivity contribution >= 4 is 39.1 Å². The number of hydrogen-bond acceptors (Lipinski definition) is 6. The second-order valence-corrected chi connectivity index (χ2v) is 13.5. The number of aliphatic imine (C=N–C) groups is 1. The zero-order valence-electron chi connectivity index (χ0n) is 28.3. The summed E-state index contributed by atoms with van der Waals surface area (Å²) >= 11 is 0. The van der Waals surface area contributed by atoms with Gasteiger partial charge in [0.1, 0.15) is 0 Å². The fourth-order valence-electron chi connectivity index (χ4n) is 6.13. The molecule has 0 spiro atoms. The molecular weight excluding hydrogens is 617 g/mol. The number of aryl methyl sites for hydroxylation is 1. The van der Waals surface area contributed by atoms with Crippen LogP contribution < -0.4 is 10.2 Å². The summed E-state index contributed by atoms with van der Waals surface area (Å²) in [5.41, 5.74) is 6.27. The molecule has 5 rings (SSSR count). The van der Waals surface area contributed by atoms with Crippen LogP contribution in [0.5, 0.6) is 0 Å². The fourth-order valence-corrected chi connectivity index (χ4v) is 7.01. The van der Waals surface area contributed by atoms with Gasteiger partial charge < -0.3 is 19.9 Å². The van der Waals surface area contributed by atoms with Crippen LogP contribution in [-0.2, 0) is 19.5 Å². The van der Waals surface area contributed by atoms with Crippen LogP contribution in [0.15, 0.2) is 77.8 Å². The molecule has 250 valence electrons. The summed E-state index contributed by atoms with van der Waals surface area (Å²) in [6.07, 6.45) is 4.45. The molecule has 2 amide bonds. The largest absolute Gasteiger partial charge is 0.408 e. The second kappa shape index (κ2) is 16.5. The number of amides is 2. The molecule has 0 saturated carbocycles. The summed E-state index contributed by atoms with van der Waals surface area (Å²) in [5, 5.41) is 16.3. The number of benzene rings is 3. The lowest BCUT2D eigenvalue weighted by Gasteiger charge is -2.36. The Morgan fingerprint density at radius 3 is 2.48 bits per heavy atom. The highest BCUT2D eigenvalue weighted by Gasteiger charge is 2.32. The van der Waals surface area contributed by atoms with Crippen molar-refractivity contribution in [2.24, 2.45) is 4.99 Å². The molecule has 2 radical (unpaired) electrons. The minimum absolute atomic E-state index is 0.0898. The van der Waals surface area contributed by atoms with E-state index in [0.717, 1.165) is 58.9 Å². The number of unbranched alkanes of at least 4 members (excludes halogenated alkanes) is 2. The first-order chi connectivity index (χ1) is 23.4. The van der Waals surface area contributed by atoms with Crippen molar-refractivity contribution < 1.29 is 14.7 Å². The van der Waals surface area contributed by atoms with E-state index < -0.39 is 0 Å². The van der Waals surface area contributed by atoms with Gasteiger partial charge in [0.25, 0.3) is 11.8 Å². The second-order valence-electron chi connectivity index (χ2n) is 12.4. The molecule has 1 aliphatic heterocycles. The maximum Gasteiger partial charge on any atom is 0.274 e. The number of nitrogens with one attached hydrogen (secondary N) is 1. The Kier molecular flexibility index (Phi) is 12.0. The van der Waals surface area contributed by atoms with Crippen molar-refractivity contribution in [2.45, 2.75) is 72.0 Å². The van der Waals surface area contributed by atoms with Crippen LogP contribution in [0.2, 0.25) is 0 Å². The maximum absolute atomic E-state index is 14.6. The lowest BCUT2D eigenvalue weighted by Crippen LogP contribution is -2.46. The van der Waals surface area contributed by atoms with Gasteiger partial charge in [-0.1, -0.05) is 75.2 Å². The number of aromatic nitrogens is 2. The summed E-state index contributed by atoms with van der Waals surface area (Å²) in [5.74, 6) is -0.284. The summed E-state index contributed by atoms with van der Waals surface area (Å²) in [6, 6.07) is 23.4. The van der Waals surface area contributed by atoms with Crippen LogP contribution in [0.3, 0.4) is 0 Å². The van der Waals surface area contributed by atoms with Gasteiger partial charge >= 0.3 is 0 Å². The van der Waals surface area contributed by atoms with Crippen LogP contribution in [0.4, 0.5) is 5.69 Å². The van der Waals surface area contributed by atoms with Gasteiger partial charge in [0.15, 0.2) is 5.69 Å². The van der Waals surface area contributed by atoms with Crippen molar-refractivity contribution in [3.05, 3.63) is 106 Å². The van der Waals surface area contributed by atoms with Crippen LogP contribution in [0.1, 0.15) is 82.8 Å². The highest BCUT2D eigenvalue weighted by atomic mass is 28.2. The first kappa shape index (κ1) is 34.8. The Morgan fingerprint density at radius 2 is 1.77 bits per heavy atom. The number of carbonyl (C=O) groups is 2. The van der Waals surface area contributed by atoms with Gasteiger partial charge in [-0.2, -0.15) is 5.10 Å². The van der Waals surface area contributed by atoms with E-state index in [1.807, 2.05) is 66.4 Å². The van der Waals surface area contributed by atoms with Crippen LogP contribution >= 0.6 is 0 Å². The lowest BCUT2D eigenvalue weighted by atomic mass is 9.93. The third kappa shape index (κ3) is 8.11. The molecule has 0 fully saturated rings. The normalized spacial score (nSPS) is 14.0. The standard InChI is InChI=1S/C38H46N6O3Si/c1-5-7-18-42(19-8-6-2)38(47)35-20-27(3)44(40-35)36-17-16-31(41-48-33-15-11-12-28(21-33)24-39-4)23-34(36)37(46)43-25-30-14-10-9-13-29(30)22-32(43)26-45/h9-17,20-21,23,32,41,45H,4-8,18-19,22,24-26H2,1-3H3/t32-/m0/s1. The van der Waals surface area contributed by atoms with E-state index in [0.29, 0.717) is 49.5 Å². The van der Waals surface area contributed by atoms with E-state index in [1.54, 1.807) is 9.58 Å². The Balaban J connectivity index is 1.51. The van der Waals surface area contributed by atoms with Gasteiger partial charge in [-0.3, -0.25) is 14.6 Å². The van der Waals surface area contributed by atoms with E-state index in [2.05, 4.69) is 48.7 Å². The Bertz CT molecular complexity index is 1730. The first-order valence-corrected chi connectivity index (χ1v) is 17.9. The summed E-state index contributed by atoms with van der Waals surface area (Å²) < 4.78 is 1.71. The Morgan fingerprint density at radius 1 is 1.02 bits per heavy atom. The van der Waals surface area contributed by atoms with E-state index in [9.17, 15) is 14.7 Å². The predicted octanol–water partition coefficient (Wildman–Crippen LogP) is 5.34. The van der Waals surface area contributed by atoms with Gasteiger partial charge in [-0.25, -0.2) is 4.68 Å². The number of nitrogens with zero attached hydrogens (tertiary/aromatic N) is 5. The quantitative estimate of drug-likeness (QED) is 0.132. The molecule has 48 heavy (non-hydrogen) atoms. The Hall–Kier alpha value is -4.54. The number of aliphatic hydroxyl groups is 1.